The summed E-state index contributed by atoms with van der Waals surface area (Å²) in [4.78, 5) is 9.08. The van der Waals surface area contributed by atoms with Crippen LogP contribution in [0.25, 0.3) is 11.4 Å². The van der Waals surface area contributed by atoms with Gasteiger partial charge in [-0.05, 0) is 54.3 Å². The van der Waals surface area contributed by atoms with Crippen LogP contribution in [0.3, 0.4) is 0 Å². The number of nitrogens with one attached hydrogen (secondary N) is 1. The molecule has 0 amide bonds. The molecular weight excluding hydrogens is 408 g/mol. The second kappa shape index (κ2) is 7.74. The molecule has 1 aromatic carbocycles. The maximum absolute atomic E-state index is 11.9. The molecule has 1 aliphatic rings. The van der Waals surface area contributed by atoms with Gasteiger partial charge in [0.05, 0.1) is 17.0 Å². The minimum atomic E-state index is -3.21. The fraction of sp³-hybridized carbons (Fsp3) is 0.238. The molecule has 0 radical (unpaired) electrons. The summed E-state index contributed by atoms with van der Waals surface area (Å²) in [7, 11) is -3.21. The van der Waals surface area contributed by atoms with Gasteiger partial charge in [0, 0.05) is 25.0 Å². The number of aromatic nitrogens is 2. The number of halogens is 1. The van der Waals surface area contributed by atoms with Gasteiger partial charge in [0.25, 0.3) is 0 Å². The SMILES string of the molecule is Cc1ccc(-c2nc(Nc3cccc4c3CCN(S(C)(=O)=O)C4)ccc2Cl)nc1. The Balaban J connectivity index is 1.64. The van der Waals surface area contributed by atoms with E-state index >= 15 is 0 Å². The summed E-state index contributed by atoms with van der Waals surface area (Å²) in [5.74, 6) is 0.658. The maximum atomic E-state index is 11.9. The predicted molar refractivity (Wildman–Crippen MR) is 116 cm³/mol. The van der Waals surface area contributed by atoms with Gasteiger partial charge in [0.15, 0.2) is 0 Å². The molecule has 6 nitrogen and oxygen atoms in total. The van der Waals surface area contributed by atoms with Crippen molar-refractivity contribution < 1.29 is 8.42 Å². The number of anilines is 2. The molecule has 150 valence electrons. The van der Waals surface area contributed by atoms with E-state index in [9.17, 15) is 8.42 Å². The average molecular weight is 429 g/mol. The largest absolute Gasteiger partial charge is 0.340 e. The second-order valence-electron chi connectivity index (χ2n) is 7.16. The van der Waals surface area contributed by atoms with Crippen molar-refractivity contribution in [1.29, 1.82) is 0 Å². The molecule has 2 aromatic heterocycles. The normalized spacial score (nSPS) is 14.4. The molecule has 3 aromatic rings. The van der Waals surface area contributed by atoms with Gasteiger partial charge in [-0.25, -0.2) is 13.4 Å². The number of fused-ring (bicyclic) bond motifs is 1. The third kappa shape index (κ3) is 4.27. The minimum absolute atomic E-state index is 0.385. The summed E-state index contributed by atoms with van der Waals surface area (Å²) < 4.78 is 25.3. The molecule has 8 heteroatoms. The van der Waals surface area contributed by atoms with Crippen LogP contribution in [0.4, 0.5) is 11.5 Å². The van der Waals surface area contributed by atoms with Crippen molar-refractivity contribution in [1.82, 2.24) is 14.3 Å². The molecule has 0 fully saturated rings. The molecule has 0 saturated heterocycles. The van der Waals surface area contributed by atoms with Gasteiger partial charge < -0.3 is 5.32 Å². The molecule has 0 unspecified atom stereocenters. The highest BCUT2D eigenvalue weighted by Crippen LogP contribution is 2.31. The number of sulfonamides is 1. The third-order valence-corrected chi connectivity index (χ3v) is 6.52. The summed E-state index contributed by atoms with van der Waals surface area (Å²) in [5.41, 5.74) is 5.43. The summed E-state index contributed by atoms with van der Waals surface area (Å²) in [6.45, 7) is 2.83. The van der Waals surface area contributed by atoms with E-state index in [1.807, 2.05) is 43.3 Å². The molecule has 0 aliphatic carbocycles. The molecular formula is C21H21ClN4O2S. The fourth-order valence-corrected chi connectivity index (χ4v) is 4.42. The van der Waals surface area contributed by atoms with Crippen LogP contribution in [-0.2, 0) is 23.0 Å². The van der Waals surface area contributed by atoms with Gasteiger partial charge >= 0.3 is 0 Å². The maximum Gasteiger partial charge on any atom is 0.211 e. The molecule has 3 heterocycles. The number of hydrogen-bond acceptors (Lipinski definition) is 5. The number of aryl methyl sites for hydroxylation is 1. The Kier molecular flexibility index (Phi) is 5.29. The van der Waals surface area contributed by atoms with Crippen LogP contribution in [0.1, 0.15) is 16.7 Å². The van der Waals surface area contributed by atoms with Crippen molar-refractivity contribution in [3.63, 3.8) is 0 Å². The lowest BCUT2D eigenvalue weighted by Crippen LogP contribution is -2.35. The van der Waals surface area contributed by atoms with Gasteiger partial charge in [-0.3, -0.25) is 4.98 Å². The van der Waals surface area contributed by atoms with Crippen LogP contribution in [0.15, 0.2) is 48.7 Å². The summed E-state index contributed by atoms with van der Waals surface area (Å²) >= 11 is 6.35. The van der Waals surface area contributed by atoms with Gasteiger partial charge in [-0.1, -0.05) is 29.8 Å². The average Bonchev–Trinajstić information content (AvgIpc) is 2.69. The van der Waals surface area contributed by atoms with Crippen molar-refractivity contribution in [2.75, 3.05) is 18.1 Å². The first-order chi connectivity index (χ1) is 13.8. The number of pyridine rings is 2. The zero-order chi connectivity index (χ0) is 20.6. The summed E-state index contributed by atoms with van der Waals surface area (Å²) in [6.07, 6.45) is 3.68. The van der Waals surface area contributed by atoms with Crippen molar-refractivity contribution in [3.8, 4) is 11.4 Å². The molecule has 4 rings (SSSR count). The predicted octanol–water partition coefficient (Wildman–Crippen LogP) is 4.17. The zero-order valence-corrected chi connectivity index (χ0v) is 17.8. The Bertz CT molecular complexity index is 1160. The molecule has 0 bridgehead atoms. The quantitative estimate of drug-likeness (QED) is 0.675. The van der Waals surface area contributed by atoms with Gasteiger partial charge in [-0.15, -0.1) is 0 Å². The summed E-state index contributed by atoms with van der Waals surface area (Å²) in [6, 6.07) is 13.4. The topological polar surface area (TPSA) is 75.2 Å². The Morgan fingerprint density at radius 2 is 1.97 bits per heavy atom. The van der Waals surface area contributed by atoms with Crippen LogP contribution >= 0.6 is 11.6 Å². The first-order valence-electron chi connectivity index (χ1n) is 9.24. The number of rotatable bonds is 4. The molecule has 0 spiro atoms. The number of benzene rings is 1. The smallest absolute Gasteiger partial charge is 0.211 e. The van der Waals surface area contributed by atoms with Crippen LogP contribution in [0.5, 0.6) is 0 Å². The van der Waals surface area contributed by atoms with Gasteiger partial charge in [-0.2, -0.15) is 4.31 Å². The van der Waals surface area contributed by atoms with E-state index in [-0.39, 0.29) is 0 Å². The summed E-state index contributed by atoms with van der Waals surface area (Å²) in [5, 5.41) is 3.90. The Morgan fingerprint density at radius 3 is 2.69 bits per heavy atom. The molecule has 1 aliphatic heterocycles. The van der Waals surface area contributed by atoms with Crippen LogP contribution in [0.2, 0.25) is 5.02 Å². The van der Waals surface area contributed by atoms with Crippen LogP contribution in [0, 0.1) is 6.92 Å². The van der Waals surface area contributed by atoms with Crippen molar-refractivity contribution in [2.45, 2.75) is 19.9 Å². The minimum Gasteiger partial charge on any atom is -0.340 e. The lowest BCUT2D eigenvalue weighted by atomic mass is 9.99. The third-order valence-electron chi connectivity index (χ3n) is 4.96. The Hall–Kier alpha value is -2.48. The van der Waals surface area contributed by atoms with Crippen molar-refractivity contribution >= 4 is 33.1 Å². The fourth-order valence-electron chi connectivity index (χ4n) is 3.42. The van der Waals surface area contributed by atoms with E-state index in [0.29, 0.717) is 41.7 Å². The molecule has 0 saturated carbocycles. The lowest BCUT2D eigenvalue weighted by Gasteiger charge is -2.28. The van der Waals surface area contributed by atoms with Crippen LogP contribution < -0.4 is 5.32 Å². The first kappa shape index (κ1) is 19.8. The molecule has 0 atom stereocenters. The monoisotopic (exact) mass is 428 g/mol. The molecule has 1 N–H and O–H groups in total. The van der Waals surface area contributed by atoms with Crippen molar-refractivity contribution in [2.24, 2.45) is 0 Å². The van der Waals surface area contributed by atoms with E-state index in [4.69, 9.17) is 11.6 Å². The highest BCUT2D eigenvalue weighted by Gasteiger charge is 2.24. The Labute approximate surface area is 175 Å². The Morgan fingerprint density at radius 1 is 1.14 bits per heavy atom. The number of nitrogens with zero attached hydrogens (tertiary/aromatic N) is 3. The molecule has 29 heavy (non-hydrogen) atoms. The van der Waals surface area contributed by atoms with E-state index < -0.39 is 10.0 Å². The lowest BCUT2D eigenvalue weighted by molar-refractivity contribution is 0.395. The van der Waals surface area contributed by atoms with Gasteiger partial charge in [0.2, 0.25) is 10.0 Å². The standard InChI is InChI=1S/C21H21ClN4O2S/c1-14-6-8-19(23-12-14)21-17(22)7-9-20(25-21)24-18-5-3-4-15-13-26(29(2,27)28)11-10-16(15)18/h3-9,12H,10-11,13H2,1-2H3,(H,24,25). The zero-order valence-electron chi connectivity index (χ0n) is 16.2. The van der Waals surface area contributed by atoms with Gasteiger partial charge in [0.1, 0.15) is 11.5 Å². The van der Waals surface area contributed by atoms with E-state index in [0.717, 1.165) is 22.4 Å². The highest BCUT2D eigenvalue weighted by molar-refractivity contribution is 7.88. The first-order valence-corrected chi connectivity index (χ1v) is 11.5. The van der Waals surface area contributed by atoms with E-state index in [2.05, 4.69) is 15.3 Å². The second-order valence-corrected chi connectivity index (χ2v) is 9.55. The van der Waals surface area contributed by atoms with E-state index in [1.165, 1.54) is 10.6 Å². The highest BCUT2D eigenvalue weighted by atomic mass is 35.5. The number of hydrogen-bond donors (Lipinski definition) is 1. The van der Waals surface area contributed by atoms with Crippen LogP contribution in [-0.4, -0.2) is 35.5 Å². The van der Waals surface area contributed by atoms with Crippen molar-refractivity contribution in [3.05, 3.63) is 70.4 Å². The van der Waals surface area contributed by atoms with E-state index in [1.54, 1.807) is 12.3 Å².